The number of rotatable bonds is 7. The zero-order valence-electron chi connectivity index (χ0n) is 12.8. The second-order valence-electron chi connectivity index (χ2n) is 5.67. The van der Waals surface area contributed by atoms with E-state index < -0.39 is 0 Å². The molecule has 114 valence electrons. The first-order valence-corrected chi connectivity index (χ1v) is 9.70. The molecule has 1 aliphatic heterocycles. The fraction of sp³-hybridized carbons (Fsp3) is 0.500. The van der Waals surface area contributed by atoms with E-state index in [2.05, 4.69) is 43.8 Å². The van der Waals surface area contributed by atoms with Gasteiger partial charge in [-0.3, -0.25) is 0 Å². The molecule has 0 aromatic heterocycles. The molecule has 2 unspecified atom stereocenters. The van der Waals surface area contributed by atoms with E-state index in [4.69, 9.17) is 0 Å². The number of hydroxylamine groups is 1. The average Bonchev–Trinajstić information content (AvgIpc) is 2.50. The van der Waals surface area contributed by atoms with Gasteiger partial charge in [-0.15, -0.1) is 0 Å². The Labute approximate surface area is 134 Å². The standard InChI is InChI=1S/C18H25NOSe/c1-3-4-6-10-16-11-9-14-18(19(16)20)15(2)21-17-12-7-5-8-13-17/h3,5,7-8,12-13,15,18H,1,4,6,9-11,14H2,2H3. The van der Waals surface area contributed by atoms with Crippen LogP contribution in [0.3, 0.4) is 0 Å². The molecule has 1 aromatic carbocycles. The Kier molecular flexibility index (Phi) is 6.53. The van der Waals surface area contributed by atoms with E-state index in [0.717, 1.165) is 37.8 Å². The van der Waals surface area contributed by atoms with Crippen molar-refractivity contribution in [2.75, 3.05) is 0 Å². The molecule has 1 heterocycles. The number of benzene rings is 1. The Balaban J connectivity index is 2.00. The summed E-state index contributed by atoms with van der Waals surface area (Å²) < 4.78 is 2.76. The molecule has 21 heavy (non-hydrogen) atoms. The van der Waals surface area contributed by atoms with Crippen molar-refractivity contribution in [1.29, 1.82) is 0 Å². The van der Waals surface area contributed by atoms with Crippen LogP contribution in [0.2, 0.25) is 4.82 Å². The maximum absolute atomic E-state index is 12.6. The first kappa shape index (κ1) is 16.3. The van der Waals surface area contributed by atoms with Crippen LogP contribution >= 0.6 is 0 Å². The van der Waals surface area contributed by atoms with Crippen molar-refractivity contribution in [2.24, 2.45) is 0 Å². The molecule has 2 nitrogen and oxygen atoms in total. The van der Waals surface area contributed by atoms with Crippen LogP contribution in [0.15, 0.2) is 43.0 Å². The average molecular weight is 350 g/mol. The summed E-state index contributed by atoms with van der Waals surface area (Å²) >= 11 is 0.373. The molecule has 1 aliphatic rings. The van der Waals surface area contributed by atoms with Crippen molar-refractivity contribution in [2.45, 2.75) is 56.3 Å². The molecular formula is C18H25NOSe. The molecule has 0 saturated carbocycles. The van der Waals surface area contributed by atoms with Gasteiger partial charge in [-0.1, -0.05) is 0 Å². The topological polar surface area (TPSA) is 26.1 Å². The molecule has 0 radical (unpaired) electrons. The summed E-state index contributed by atoms with van der Waals surface area (Å²) in [5.41, 5.74) is 1.11. The predicted molar refractivity (Wildman–Crippen MR) is 91.6 cm³/mol. The van der Waals surface area contributed by atoms with Gasteiger partial charge in [0.1, 0.15) is 0 Å². The van der Waals surface area contributed by atoms with E-state index in [0.29, 0.717) is 19.8 Å². The molecule has 0 saturated heterocycles. The van der Waals surface area contributed by atoms with Gasteiger partial charge in [0.05, 0.1) is 0 Å². The summed E-state index contributed by atoms with van der Waals surface area (Å²) in [5.74, 6) is 0. The van der Waals surface area contributed by atoms with Crippen molar-refractivity contribution in [3.63, 3.8) is 0 Å². The van der Waals surface area contributed by atoms with E-state index >= 15 is 0 Å². The molecule has 0 N–H and O–H groups in total. The molecule has 0 fully saturated rings. The summed E-state index contributed by atoms with van der Waals surface area (Å²) in [6, 6.07) is 10.8. The van der Waals surface area contributed by atoms with Crippen molar-refractivity contribution >= 4 is 25.1 Å². The Morgan fingerprint density at radius 2 is 2.19 bits per heavy atom. The summed E-state index contributed by atoms with van der Waals surface area (Å²) in [6.07, 6.45) is 8.15. The summed E-state index contributed by atoms with van der Waals surface area (Å²) in [6.45, 7) is 6.00. The molecule has 2 atom stereocenters. The van der Waals surface area contributed by atoms with Crippen LogP contribution in [0, 0.1) is 5.21 Å². The second kappa shape index (κ2) is 8.41. The zero-order valence-corrected chi connectivity index (χ0v) is 14.5. The zero-order chi connectivity index (χ0) is 15.1. The van der Waals surface area contributed by atoms with Gasteiger partial charge in [0.15, 0.2) is 0 Å². The first-order valence-electron chi connectivity index (χ1n) is 7.86. The molecule has 0 spiro atoms. The minimum atomic E-state index is 0.178. The molecule has 3 heteroatoms. The second-order valence-corrected chi connectivity index (χ2v) is 8.71. The van der Waals surface area contributed by atoms with E-state index in [9.17, 15) is 5.21 Å². The van der Waals surface area contributed by atoms with Crippen molar-refractivity contribution in [3.05, 3.63) is 48.2 Å². The predicted octanol–water partition coefficient (Wildman–Crippen LogP) is 3.68. The van der Waals surface area contributed by atoms with Gasteiger partial charge in [-0.2, -0.15) is 0 Å². The number of hydrogen-bond donors (Lipinski definition) is 0. The fourth-order valence-corrected chi connectivity index (χ4v) is 5.29. The molecule has 0 aliphatic carbocycles. The van der Waals surface area contributed by atoms with Crippen LogP contribution in [0.4, 0.5) is 0 Å². The van der Waals surface area contributed by atoms with Gasteiger partial charge >= 0.3 is 134 Å². The molecule has 1 aromatic rings. The fourth-order valence-electron chi connectivity index (χ4n) is 2.88. The first-order chi connectivity index (χ1) is 10.2. The van der Waals surface area contributed by atoms with Gasteiger partial charge in [0.25, 0.3) is 0 Å². The maximum atomic E-state index is 12.6. The Morgan fingerprint density at radius 3 is 2.90 bits per heavy atom. The third kappa shape index (κ3) is 4.72. The van der Waals surface area contributed by atoms with Crippen LogP contribution in [0.1, 0.15) is 45.4 Å². The van der Waals surface area contributed by atoms with Gasteiger partial charge in [0, 0.05) is 0 Å². The van der Waals surface area contributed by atoms with E-state index in [1.54, 1.807) is 0 Å². The molecule has 0 bridgehead atoms. The quantitative estimate of drug-likeness (QED) is 0.242. The number of unbranched alkanes of at least 4 members (excludes halogenated alkanes) is 1. The van der Waals surface area contributed by atoms with E-state index in [1.165, 1.54) is 15.6 Å². The van der Waals surface area contributed by atoms with Gasteiger partial charge in [0.2, 0.25) is 0 Å². The number of allylic oxidation sites excluding steroid dienone is 1. The van der Waals surface area contributed by atoms with Crippen LogP contribution < -0.4 is 4.46 Å². The van der Waals surface area contributed by atoms with Crippen molar-refractivity contribution < 1.29 is 4.74 Å². The Bertz CT molecular complexity index is 483. The number of nitrogens with zero attached hydrogens (tertiary/aromatic N) is 1. The van der Waals surface area contributed by atoms with E-state index in [1.807, 2.05) is 6.08 Å². The Hall–Kier alpha value is -1.05. The third-order valence-electron chi connectivity index (χ3n) is 4.06. The van der Waals surface area contributed by atoms with Crippen molar-refractivity contribution in [3.8, 4) is 0 Å². The van der Waals surface area contributed by atoms with Crippen LogP contribution in [0.5, 0.6) is 0 Å². The van der Waals surface area contributed by atoms with Crippen LogP contribution in [-0.4, -0.2) is 31.4 Å². The number of hydrogen-bond acceptors (Lipinski definition) is 1. The van der Waals surface area contributed by atoms with Gasteiger partial charge in [-0.05, 0) is 0 Å². The normalized spacial score (nSPS) is 20.3. The minimum absolute atomic E-state index is 0.178. The molecular weight excluding hydrogens is 325 g/mol. The molecule has 0 amide bonds. The van der Waals surface area contributed by atoms with Crippen LogP contribution in [-0.2, 0) is 0 Å². The molecule has 2 rings (SSSR count). The summed E-state index contributed by atoms with van der Waals surface area (Å²) in [4.78, 5) is 0.465. The SMILES string of the molecule is C=CCCCC1=[N+]([O-])C(C(C)[Se]c2ccccc2)CCC1. The summed E-state index contributed by atoms with van der Waals surface area (Å²) in [7, 11) is 0. The third-order valence-corrected chi connectivity index (χ3v) is 6.64. The monoisotopic (exact) mass is 351 g/mol. The van der Waals surface area contributed by atoms with Crippen LogP contribution in [0.25, 0.3) is 0 Å². The Morgan fingerprint density at radius 1 is 1.43 bits per heavy atom. The van der Waals surface area contributed by atoms with Crippen molar-refractivity contribution in [1.82, 2.24) is 0 Å². The summed E-state index contributed by atoms with van der Waals surface area (Å²) in [5, 5.41) is 12.6. The van der Waals surface area contributed by atoms with E-state index in [-0.39, 0.29) is 6.04 Å². The van der Waals surface area contributed by atoms with Gasteiger partial charge in [-0.25, -0.2) is 0 Å². The van der Waals surface area contributed by atoms with Gasteiger partial charge < -0.3 is 0 Å².